The number of aldehydes is 2. The maximum atomic E-state index is 13.2. The molecule has 2 unspecified atom stereocenters. The Morgan fingerprint density at radius 3 is 2.52 bits per heavy atom. The lowest BCUT2D eigenvalue weighted by Gasteiger charge is -2.37. The van der Waals surface area contributed by atoms with Crippen LogP contribution < -0.4 is 4.74 Å². The van der Waals surface area contributed by atoms with Crippen LogP contribution in [0.5, 0.6) is 17.2 Å². The standard InChI is InChI=1S/C21H19NO7/c23-10-14-13(3-1-4-16(14)25)20(27)22-7-8-28-12-21(22)9-19(21)29-18-6-2-5-17(26)15(18)11-24/h1-6,10-11,19,25-26H,7-9,12H2. The summed E-state index contributed by atoms with van der Waals surface area (Å²) in [5.41, 5.74) is -0.654. The molecule has 29 heavy (non-hydrogen) atoms. The van der Waals surface area contributed by atoms with Crippen LogP contribution in [0.3, 0.4) is 0 Å². The van der Waals surface area contributed by atoms with E-state index >= 15 is 0 Å². The van der Waals surface area contributed by atoms with Crippen molar-refractivity contribution < 1.29 is 34.1 Å². The first-order valence-electron chi connectivity index (χ1n) is 9.12. The Kier molecular flexibility index (Phi) is 4.71. The largest absolute Gasteiger partial charge is 0.507 e. The molecule has 4 rings (SSSR count). The Bertz CT molecular complexity index is 989. The zero-order chi connectivity index (χ0) is 20.6. The molecule has 0 bridgehead atoms. The summed E-state index contributed by atoms with van der Waals surface area (Å²) in [6, 6.07) is 8.88. The van der Waals surface area contributed by atoms with Crippen LogP contribution in [0.15, 0.2) is 36.4 Å². The van der Waals surface area contributed by atoms with Gasteiger partial charge in [-0.05, 0) is 24.3 Å². The van der Waals surface area contributed by atoms with Gasteiger partial charge in [0.2, 0.25) is 0 Å². The Morgan fingerprint density at radius 1 is 1.10 bits per heavy atom. The second kappa shape index (κ2) is 7.21. The number of carbonyl (C=O) groups is 3. The first-order chi connectivity index (χ1) is 14.0. The van der Waals surface area contributed by atoms with E-state index < -0.39 is 17.6 Å². The molecule has 2 aromatic carbocycles. The number of rotatable bonds is 5. The maximum Gasteiger partial charge on any atom is 0.255 e. The van der Waals surface area contributed by atoms with Crippen molar-refractivity contribution in [3.8, 4) is 17.2 Å². The van der Waals surface area contributed by atoms with Gasteiger partial charge >= 0.3 is 0 Å². The van der Waals surface area contributed by atoms with Gasteiger partial charge in [-0.1, -0.05) is 12.1 Å². The minimum atomic E-state index is -0.743. The van der Waals surface area contributed by atoms with Crippen molar-refractivity contribution >= 4 is 18.5 Å². The topological polar surface area (TPSA) is 113 Å². The minimum absolute atomic E-state index is 0.0420. The number of phenolic OH excluding ortho intramolecular Hbond substituents is 2. The third-order valence-corrected chi connectivity index (χ3v) is 5.43. The van der Waals surface area contributed by atoms with Gasteiger partial charge in [-0.3, -0.25) is 14.4 Å². The first kappa shape index (κ1) is 18.9. The summed E-state index contributed by atoms with van der Waals surface area (Å²) in [5, 5.41) is 19.7. The summed E-state index contributed by atoms with van der Waals surface area (Å²) in [6.07, 6.45) is 1.01. The summed E-state index contributed by atoms with van der Waals surface area (Å²) in [4.78, 5) is 37.5. The summed E-state index contributed by atoms with van der Waals surface area (Å²) >= 11 is 0. The Balaban J connectivity index is 1.62. The van der Waals surface area contributed by atoms with Crippen molar-refractivity contribution in [3.63, 3.8) is 0 Å². The highest BCUT2D eigenvalue weighted by Crippen LogP contribution is 2.48. The van der Waals surface area contributed by atoms with E-state index in [0.717, 1.165) is 0 Å². The van der Waals surface area contributed by atoms with Gasteiger partial charge in [-0.15, -0.1) is 0 Å². The number of aromatic hydroxyl groups is 2. The van der Waals surface area contributed by atoms with E-state index in [1.54, 1.807) is 17.0 Å². The van der Waals surface area contributed by atoms with Crippen LogP contribution in [0.25, 0.3) is 0 Å². The number of ether oxygens (including phenoxy) is 2. The van der Waals surface area contributed by atoms with Gasteiger partial charge < -0.3 is 24.6 Å². The number of hydrogen-bond donors (Lipinski definition) is 2. The van der Waals surface area contributed by atoms with Gasteiger partial charge in [0.25, 0.3) is 5.91 Å². The number of morpholine rings is 1. The average molecular weight is 397 g/mol. The van der Waals surface area contributed by atoms with Crippen LogP contribution in [-0.4, -0.2) is 65.0 Å². The summed E-state index contributed by atoms with van der Waals surface area (Å²) < 4.78 is 11.5. The highest BCUT2D eigenvalue weighted by molar-refractivity contribution is 6.03. The van der Waals surface area contributed by atoms with Gasteiger partial charge in [0.05, 0.1) is 29.9 Å². The van der Waals surface area contributed by atoms with Gasteiger partial charge in [0.15, 0.2) is 12.6 Å². The van der Waals surface area contributed by atoms with Crippen LogP contribution in [0.4, 0.5) is 0 Å². The number of benzene rings is 2. The smallest absolute Gasteiger partial charge is 0.255 e. The number of phenols is 2. The molecule has 2 fully saturated rings. The van der Waals surface area contributed by atoms with Crippen LogP contribution >= 0.6 is 0 Å². The van der Waals surface area contributed by atoms with Gasteiger partial charge in [0.1, 0.15) is 28.9 Å². The highest BCUT2D eigenvalue weighted by atomic mass is 16.5. The first-order valence-corrected chi connectivity index (χ1v) is 9.12. The maximum absolute atomic E-state index is 13.2. The van der Waals surface area contributed by atoms with Crippen molar-refractivity contribution in [3.05, 3.63) is 53.1 Å². The molecule has 1 spiro atoms. The van der Waals surface area contributed by atoms with E-state index in [1.807, 2.05) is 0 Å². The molecule has 8 heteroatoms. The average Bonchev–Trinajstić information content (AvgIpc) is 3.39. The molecule has 1 amide bonds. The number of hydrogen-bond acceptors (Lipinski definition) is 7. The van der Waals surface area contributed by atoms with Crippen molar-refractivity contribution in [1.29, 1.82) is 0 Å². The van der Waals surface area contributed by atoms with E-state index in [0.29, 0.717) is 32.1 Å². The van der Waals surface area contributed by atoms with Gasteiger partial charge in [0, 0.05) is 13.0 Å². The molecule has 8 nitrogen and oxygen atoms in total. The number of amides is 1. The molecule has 150 valence electrons. The normalized spacial score (nSPS) is 22.9. The summed E-state index contributed by atoms with van der Waals surface area (Å²) in [7, 11) is 0. The summed E-state index contributed by atoms with van der Waals surface area (Å²) in [6.45, 7) is 0.877. The van der Waals surface area contributed by atoms with Crippen molar-refractivity contribution in [2.45, 2.75) is 18.1 Å². The lowest BCUT2D eigenvalue weighted by atomic mass is 10.0. The van der Waals surface area contributed by atoms with E-state index in [2.05, 4.69) is 0 Å². The molecule has 2 aromatic rings. The number of nitrogens with zero attached hydrogens (tertiary/aromatic N) is 1. The molecular weight excluding hydrogens is 378 g/mol. The van der Waals surface area contributed by atoms with E-state index in [1.165, 1.54) is 24.3 Å². The lowest BCUT2D eigenvalue weighted by molar-refractivity contribution is -0.0243. The second-order valence-electron chi connectivity index (χ2n) is 7.09. The molecule has 2 aliphatic rings. The van der Waals surface area contributed by atoms with Crippen molar-refractivity contribution in [2.24, 2.45) is 0 Å². The molecule has 0 aromatic heterocycles. The molecular formula is C21H19NO7. The van der Waals surface area contributed by atoms with E-state index in [-0.39, 0.29) is 40.5 Å². The van der Waals surface area contributed by atoms with Gasteiger partial charge in [-0.25, -0.2) is 0 Å². The predicted octanol–water partition coefficient (Wildman–Crippen LogP) is 1.79. The highest BCUT2D eigenvalue weighted by Gasteiger charge is 2.63. The third-order valence-electron chi connectivity index (χ3n) is 5.43. The Hall–Kier alpha value is -3.39. The molecule has 1 aliphatic heterocycles. The number of carbonyl (C=O) groups excluding carboxylic acids is 3. The molecule has 1 saturated heterocycles. The van der Waals surface area contributed by atoms with Crippen molar-refractivity contribution in [1.82, 2.24) is 4.90 Å². The fraction of sp³-hybridized carbons (Fsp3) is 0.286. The molecule has 2 N–H and O–H groups in total. The molecule has 1 saturated carbocycles. The van der Waals surface area contributed by atoms with Crippen LogP contribution in [0.2, 0.25) is 0 Å². The summed E-state index contributed by atoms with van der Waals surface area (Å²) in [5.74, 6) is -0.614. The molecule has 0 radical (unpaired) electrons. The van der Waals surface area contributed by atoms with E-state index in [9.17, 15) is 24.6 Å². The van der Waals surface area contributed by atoms with E-state index in [4.69, 9.17) is 9.47 Å². The third kappa shape index (κ3) is 3.11. The van der Waals surface area contributed by atoms with Crippen LogP contribution in [0.1, 0.15) is 37.5 Å². The predicted molar refractivity (Wildman–Crippen MR) is 101 cm³/mol. The Morgan fingerprint density at radius 2 is 1.79 bits per heavy atom. The van der Waals surface area contributed by atoms with Crippen LogP contribution in [0, 0.1) is 0 Å². The molecule has 1 heterocycles. The zero-order valence-corrected chi connectivity index (χ0v) is 15.4. The quantitative estimate of drug-likeness (QED) is 0.740. The lowest BCUT2D eigenvalue weighted by Crippen LogP contribution is -2.53. The zero-order valence-electron chi connectivity index (χ0n) is 15.4. The Labute approximate surface area is 166 Å². The minimum Gasteiger partial charge on any atom is -0.507 e. The molecule has 1 aliphatic carbocycles. The van der Waals surface area contributed by atoms with Gasteiger partial charge in [-0.2, -0.15) is 0 Å². The SMILES string of the molecule is O=Cc1c(O)cccc1OC1CC12COCCN2C(=O)c1cccc(O)c1C=O. The monoisotopic (exact) mass is 397 g/mol. The fourth-order valence-corrected chi connectivity index (χ4v) is 3.77. The van der Waals surface area contributed by atoms with Crippen molar-refractivity contribution in [2.75, 3.05) is 19.8 Å². The molecule has 2 atom stereocenters. The van der Waals surface area contributed by atoms with Crippen LogP contribution in [-0.2, 0) is 4.74 Å². The fourth-order valence-electron chi connectivity index (χ4n) is 3.77. The second-order valence-corrected chi connectivity index (χ2v) is 7.09.